The zero-order valence-electron chi connectivity index (χ0n) is 15.8. The molecule has 0 N–H and O–H groups in total. The smallest absolute Gasteiger partial charge is 0.124 e. The topological polar surface area (TPSA) is 29.0 Å². The Labute approximate surface area is 173 Å². The summed E-state index contributed by atoms with van der Waals surface area (Å²) < 4.78 is 0.734. The Bertz CT molecular complexity index is 1040. The first-order valence-electron chi connectivity index (χ1n) is 9.13. The third-order valence-electron chi connectivity index (χ3n) is 4.75. The van der Waals surface area contributed by atoms with Crippen molar-refractivity contribution in [3.8, 4) is 11.3 Å². The predicted octanol–water partition coefficient (Wildman–Crippen LogP) is 6.99. The van der Waals surface area contributed by atoms with Gasteiger partial charge in [-0.1, -0.05) is 48.5 Å². The summed E-state index contributed by atoms with van der Waals surface area (Å²) in [6, 6.07) is 25.4. The standard InChI is InChI=1S/C24H20BrN3/c1-17-7-3-5-9-22(17)28(23-10-6-4-8-18(23)2)20-13-11-19(12-14-20)21-15-27-24(25)16-26-21/h3-16H,1-2H3. The number of aromatic nitrogens is 2. The maximum absolute atomic E-state index is 4.44. The molecule has 1 aromatic heterocycles. The second-order valence-electron chi connectivity index (χ2n) is 6.68. The van der Waals surface area contributed by atoms with Crippen LogP contribution in [0.3, 0.4) is 0 Å². The zero-order chi connectivity index (χ0) is 19.5. The van der Waals surface area contributed by atoms with Crippen LogP contribution in [0.4, 0.5) is 17.1 Å². The maximum atomic E-state index is 4.44. The van der Waals surface area contributed by atoms with Gasteiger partial charge in [0.2, 0.25) is 0 Å². The van der Waals surface area contributed by atoms with Crippen molar-refractivity contribution < 1.29 is 0 Å². The van der Waals surface area contributed by atoms with E-state index in [1.54, 1.807) is 12.4 Å². The molecule has 0 aliphatic carbocycles. The zero-order valence-corrected chi connectivity index (χ0v) is 17.4. The van der Waals surface area contributed by atoms with E-state index in [-0.39, 0.29) is 0 Å². The number of hydrogen-bond donors (Lipinski definition) is 0. The van der Waals surface area contributed by atoms with Crippen molar-refractivity contribution in [3.05, 3.63) is 101 Å². The Balaban J connectivity index is 1.80. The minimum Gasteiger partial charge on any atom is -0.310 e. The van der Waals surface area contributed by atoms with Crippen LogP contribution in [0.2, 0.25) is 0 Å². The number of aryl methyl sites for hydroxylation is 2. The molecule has 0 atom stereocenters. The Morgan fingerprint density at radius 2 is 1.25 bits per heavy atom. The van der Waals surface area contributed by atoms with Crippen LogP contribution in [-0.2, 0) is 0 Å². The Morgan fingerprint density at radius 3 is 1.75 bits per heavy atom. The van der Waals surface area contributed by atoms with Gasteiger partial charge in [0.15, 0.2) is 0 Å². The molecule has 4 aromatic rings. The quantitative estimate of drug-likeness (QED) is 0.349. The fourth-order valence-corrected chi connectivity index (χ4v) is 3.48. The van der Waals surface area contributed by atoms with Crippen molar-refractivity contribution in [3.63, 3.8) is 0 Å². The monoisotopic (exact) mass is 429 g/mol. The predicted molar refractivity (Wildman–Crippen MR) is 119 cm³/mol. The summed E-state index contributed by atoms with van der Waals surface area (Å²) in [7, 11) is 0. The number of halogens is 1. The molecule has 0 saturated carbocycles. The highest BCUT2D eigenvalue weighted by Gasteiger charge is 2.16. The Kier molecular flexibility index (Phi) is 5.22. The molecule has 4 heteroatoms. The van der Waals surface area contributed by atoms with E-state index in [0.717, 1.165) is 21.5 Å². The number of rotatable bonds is 4. The van der Waals surface area contributed by atoms with Crippen LogP contribution >= 0.6 is 15.9 Å². The van der Waals surface area contributed by atoms with Gasteiger partial charge < -0.3 is 4.90 Å². The lowest BCUT2D eigenvalue weighted by atomic mass is 10.1. The van der Waals surface area contributed by atoms with Crippen molar-refractivity contribution in [1.29, 1.82) is 0 Å². The van der Waals surface area contributed by atoms with E-state index in [4.69, 9.17) is 0 Å². The van der Waals surface area contributed by atoms with Gasteiger partial charge >= 0.3 is 0 Å². The number of nitrogens with zero attached hydrogens (tertiary/aromatic N) is 3. The molecule has 3 nitrogen and oxygen atoms in total. The Morgan fingerprint density at radius 1 is 0.679 bits per heavy atom. The number of benzene rings is 3. The molecule has 0 aliphatic rings. The van der Waals surface area contributed by atoms with E-state index in [2.05, 4.69) is 117 Å². The average molecular weight is 430 g/mol. The van der Waals surface area contributed by atoms with Gasteiger partial charge in [0, 0.05) is 22.6 Å². The van der Waals surface area contributed by atoms with E-state index >= 15 is 0 Å². The molecule has 4 rings (SSSR count). The van der Waals surface area contributed by atoms with Gasteiger partial charge in [-0.2, -0.15) is 0 Å². The van der Waals surface area contributed by atoms with Crippen LogP contribution in [-0.4, -0.2) is 9.97 Å². The lowest BCUT2D eigenvalue weighted by Crippen LogP contribution is -2.12. The molecular formula is C24H20BrN3. The normalized spacial score (nSPS) is 10.7. The molecule has 0 aliphatic heterocycles. The van der Waals surface area contributed by atoms with Crippen LogP contribution in [0.15, 0.2) is 89.8 Å². The maximum Gasteiger partial charge on any atom is 0.124 e. The lowest BCUT2D eigenvalue weighted by Gasteiger charge is -2.28. The molecule has 1 heterocycles. The summed E-state index contributed by atoms with van der Waals surface area (Å²) in [6.07, 6.45) is 3.50. The molecule has 0 bridgehead atoms. The van der Waals surface area contributed by atoms with Crippen LogP contribution in [0.1, 0.15) is 11.1 Å². The molecule has 0 amide bonds. The molecule has 0 radical (unpaired) electrons. The summed E-state index contributed by atoms with van der Waals surface area (Å²) in [5.41, 5.74) is 7.81. The number of anilines is 3. The van der Waals surface area contributed by atoms with E-state index < -0.39 is 0 Å². The number of para-hydroxylation sites is 2. The van der Waals surface area contributed by atoms with Gasteiger partial charge in [-0.15, -0.1) is 0 Å². The molecule has 0 fully saturated rings. The average Bonchev–Trinajstić information content (AvgIpc) is 2.72. The molecular weight excluding hydrogens is 410 g/mol. The fraction of sp³-hybridized carbons (Fsp3) is 0.0833. The first-order chi connectivity index (χ1) is 13.6. The molecule has 138 valence electrons. The van der Waals surface area contributed by atoms with E-state index in [1.165, 1.54) is 22.5 Å². The van der Waals surface area contributed by atoms with Gasteiger partial charge in [0.1, 0.15) is 4.60 Å². The molecule has 28 heavy (non-hydrogen) atoms. The summed E-state index contributed by atoms with van der Waals surface area (Å²) in [5.74, 6) is 0. The number of hydrogen-bond acceptors (Lipinski definition) is 3. The first-order valence-corrected chi connectivity index (χ1v) is 9.92. The highest BCUT2D eigenvalue weighted by Crippen LogP contribution is 2.38. The van der Waals surface area contributed by atoms with Crippen LogP contribution < -0.4 is 4.90 Å². The summed E-state index contributed by atoms with van der Waals surface area (Å²) in [5, 5.41) is 0. The van der Waals surface area contributed by atoms with Gasteiger partial charge in [-0.25, -0.2) is 4.98 Å². The fourth-order valence-electron chi connectivity index (χ4n) is 3.28. The molecule has 0 saturated heterocycles. The van der Waals surface area contributed by atoms with Gasteiger partial charge in [-0.3, -0.25) is 4.98 Å². The van der Waals surface area contributed by atoms with Crippen LogP contribution in [0.25, 0.3) is 11.3 Å². The van der Waals surface area contributed by atoms with Gasteiger partial charge in [0.25, 0.3) is 0 Å². The van der Waals surface area contributed by atoms with Crippen molar-refractivity contribution in [1.82, 2.24) is 9.97 Å². The summed E-state index contributed by atoms with van der Waals surface area (Å²) >= 11 is 3.33. The minimum absolute atomic E-state index is 0.734. The molecule has 0 spiro atoms. The molecule has 0 unspecified atom stereocenters. The van der Waals surface area contributed by atoms with Gasteiger partial charge in [-0.05, 0) is 65.2 Å². The summed E-state index contributed by atoms with van der Waals surface area (Å²) in [6.45, 7) is 4.29. The third-order valence-corrected chi connectivity index (χ3v) is 5.16. The summed E-state index contributed by atoms with van der Waals surface area (Å²) in [4.78, 5) is 11.0. The van der Waals surface area contributed by atoms with Crippen molar-refractivity contribution in [2.24, 2.45) is 0 Å². The van der Waals surface area contributed by atoms with E-state index in [0.29, 0.717) is 0 Å². The van der Waals surface area contributed by atoms with Crippen molar-refractivity contribution >= 4 is 33.0 Å². The first kappa shape index (κ1) is 18.4. The van der Waals surface area contributed by atoms with E-state index in [1.807, 2.05) is 0 Å². The van der Waals surface area contributed by atoms with Gasteiger partial charge in [0.05, 0.1) is 18.1 Å². The lowest BCUT2D eigenvalue weighted by molar-refractivity contribution is 1.17. The minimum atomic E-state index is 0.734. The van der Waals surface area contributed by atoms with Crippen LogP contribution in [0, 0.1) is 13.8 Å². The highest BCUT2D eigenvalue weighted by molar-refractivity contribution is 9.10. The van der Waals surface area contributed by atoms with Crippen molar-refractivity contribution in [2.45, 2.75) is 13.8 Å². The Hall–Kier alpha value is -2.98. The van der Waals surface area contributed by atoms with Crippen LogP contribution in [0.5, 0.6) is 0 Å². The second-order valence-corrected chi connectivity index (χ2v) is 7.49. The highest BCUT2D eigenvalue weighted by atomic mass is 79.9. The third kappa shape index (κ3) is 3.69. The molecule has 3 aromatic carbocycles. The van der Waals surface area contributed by atoms with Crippen molar-refractivity contribution in [2.75, 3.05) is 4.90 Å². The van der Waals surface area contributed by atoms with E-state index in [9.17, 15) is 0 Å². The largest absolute Gasteiger partial charge is 0.310 e. The second kappa shape index (κ2) is 7.95. The SMILES string of the molecule is Cc1ccccc1N(c1ccc(-c2cnc(Br)cn2)cc1)c1ccccc1C.